The van der Waals surface area contributed by atoms with Crippen molar-refractivity contribution in [1.82, 2.24) is 0 Å². The zero-order valence-electron chi connectivity index (χ0n) is 6.53. The van der Waals surface area contributed by atoms with Crippen LogP contribution in [-0.4, -0.2) is 11.2 Å². The minimum atomic E-state index is -0.690. The van der Waals surface area contributed by atoms with Crippen LogP contribution in [-0.2, 0) is 9.68 Å². The second-order valence-electron chi connectivity index (χ2n) is 1.88. The number of benzene rings is 1. The Balaban J connectivity index is 0.000000217. The number of hydrogen-bond donors (Lipinski definition) is 1. The van der Waals surface area contributed by atoms with Crippen LogP contribution in [0, 0.1) is 0 Å². The van der Waals surface area contributed by atoms with Crippen LogP contribution in [0.25, 0.3) is 0 Å². The number of hydrogen-bond acceptors (Lipinski definition) is 3. The van der Waals surface area contributed by atoms with Crippen LogP contribution < -0.4 is 0 Å². The van der Waals surface area contributed by atoms with Crippen molar-refractivity contribution in [3.05, 3.63) is 35.4 Å². The van der Waals surface area contributed by atoms with Gasteiger partial charge in [0, 0.05) is 11.9 Å². The lowest BCUT2D eigenvalue weighted by molar-refractivity contribution is -0.231. The molecule has 0 spiro atoms. The van der Waals surface area contributed by atoms with Crippen molar-refractivity contribution in [3.63, 3.8) is 0 Å². The Morgan fingerprint density at radius 2 is 1.83 bits per heavy atom. The number of rotatable bonds is 0. The average molecular weight is 189 g/mol. The molecule has 0 saturated heterocycles. The summed E-state index contributed by atoms with van der Waals surface area (Å²) in [6, 6.07) is 9.44. The first-order valence-electron chi connectivity index (χ1n) is 3.19. The molecule has 1 aromatic rings. The minimum absolute atomic E-state index is 0.690. The van der Waals surface area contributed by atoms with E-state index in [0.29, 0.717) is 0 Å². The van der Waals surface area contributed by atoms with Crippen LogP contribution in [0.1, 0.15) is 6.92 Å². The fourth-order valence-electron chi connectivity index (χ4n) is 0.415. The fourth-order valence-corrected chi connectivity index (χ4v) is 0.560. The molecule has 1 aromatic carbocycles. The van der Waals surface area contributed by atoms with Gasteiger partial charge in [0.15, 0.2) is 0 Å². The Kier molecular flexibility index (Phi) is 6.05. The summed E-state index contributed by atoms with van der Waals surface area (Å²) < 4.78 is 0. The van der Waals surface area contributed by atoms with Gasteiger partial charge in [0.1, 0.15) is 0 Å². The van der Waals surface area contributed by atoms with E-state index in [4.69, 9.17) is 16.9 Å². The molecule has 0 radical (unpaired) electrons. The summed E-state index contributed by atoms with van der Waals surface area (Å²) in [5.41, 5.74) is 0. The maximum atomic E-state index is 9.34. The van der Waals surface area contributed by atoms with Gasteiger partial charge in [-0.15, -0.1) is 0 Å². The third-order valence-corrected chi connectivity index (χ3v) is 1.11. The molecule has 0 unspecified atom stereocenters. The molecule has 0 aliphatic heterocycles. The molecular formula is C8H9ClO3. The Morgan fingerprint density at radius 3 is 2.00 bits per heavy atom. The van der Waals surface area contributed by atoms with E-state index in [0.717, 1.165) is 11.9 Å². The SMILES string of the molecule is CC(=O)OO.Clc1ccccc1. The summed E-state index contributed by atoms with van der Waals surface area (Å²) in [6.07, 6.45) is 0. The zero-order valence-corrected chi connectivity index (χ0v) is 7.28. The summed E-state index contributed by atoms with van der Waals surface area (Å²) in [6.45, 7) is 1.11. The Labute approximate surface area is 75.5 Å². The van der Waals surface area contributed by atoms with Gasteiger partial charge in [0.25, 0.3) is 0 Å². The highest BCUT2D eigenvalue weighted by molar-refractivity contribution is 6.30. The van der Waals surface area contributed by atoms with Crippen molar-refractivity contribution < 1.29 is 14.9 Å². The van der Waals surface area contributed by atoms with Crippen LogP contribution in [0.3, 0.4) is 0 Å². The molecule has 12 heavy (non-hydrogen) atoms. The highest BCUT2D eigenvalue weighted by atomic mass is 35.5. The lowest BCUT2D eigenvalue weighted by Gasteiger charge is -1.80. The number of halogens is 1. The highest BCUT2D eigenvalue weighted by Gasteiger charge is 1.79. The van der Waals surface area contributed by atoms with E-state index in [-0.39, 0.29) is 0 Å². The molecule has 0 heterocycles. The largest absolute Gasteiger partial charge is 0.339 e. The van der Waals surface area contributed by atoms with Gasteiger partial charge in [-0.1, -0.05) is 29.8 Å². The van der Waals surface area contributed by atoms with Gasteiger partial charge in [0.2, 0.25) is 0 Å². The quantitative estimate of drug-likeness (QED) is 0.502. The second-order valence-corrected chi connectivity index (χ2v) is 2.31. The van der Waals surface area contributed by atoms with Crippen LogP contribution in [0.2, 0.25) is 5.02 Å². The van der Waals surface area contributed by atoms with Crippen molar-refractivity contribution in [2.45, 2.75) is 6.92 Å². The molecule has 0 aliphatic carbocycles. The lowest BCUT2D eigenvalue weighted by atomic mass is 10.4. The third-order valence-electron chi connectivity index (χ3n) is 0.862. The van der Waals surface area contributed by atoms with Crippen molar-refractivity contribution >= 4 is 17.6 Å². The standard InChI is InChI=1S/C6H5Cl.C2H4O3/c7-6-4-2-1-3-5-6;1-2(3)5-4/h1-5H;4H,1H3. The van der Waals surface area contributed by atoms with Crippen LogP contribution in [0.4, 0.5) is 0 Å². The number of carbonyl (C=O) groups excluding carboxylic acids is 1. The highest BCUT2D eigenvalue weighted by Crippen LogP contribution is 2.03. The summed E-state index contributed by atoms with van der Waals surface area (Å²) in [5, 5.41) is 8.09. The second kappa shape index (κ2) is 6.64. The van der Waals surface area contributed by atoms with E-state index in [1.807, 2.05) is 30.3 Å². The molecule has 1 N–H and O–H groups in total. The minimum Gasteiger partial charge on any atom is -0.301 e. The molecule has 0 saturated carbocycles. The lowest BCUT2D eigenvalue weighted by Crippen LogP contribution is -1.89. The molecule has 3 nitrogen and oxygen atoms in total. The van der Waals surface area contributed by atoms with E-state index in [1.165, 1.54) is 0 Å². The molecule has 0 bridgehead atoms. The molecule has 4 heteroatoms. The van der Waals surface area contributed by atoms with Gasteiger partial charge in [-0.05, 0) is 12.1 Å². The van der Waals surface area contributed by atoms with Gasteiger partial charge in [-0.25, -0.2) is 4.79 Å². The van der Waals surface area contributed by atoms with E-state index >= 15 is 0 Å². The predicted molar refractivity (Wildman–Crippen MR) is 45.8 cm³/mol. The van der Waals surface area contributed by atoms with Gasteiger partial charge in [0.05, 0.1) is 0 Å². The first-order chi connectivity index (χ1) is 5.66. The molecule has 0 atom stereocenters. The molecule has 0 fully saturated rings. The van der Waals surface area contributed by atoms with Gasteiger partial charge < -0.3 is 4.89 Å². The third kappa shape index (κ3) is 7.05. The monoisotopic (exact) mass is 188 g/mol. The maximum absolute atomic E-state index is 9.34. The molecule has 66 valence electrons. The Morgan fingerprint density at radius 1 is 1.42 bits per heavy atom. The van der Waals surface area contributed by atoms with Crippen LogP contribution >= 0.6 is 11.6 Å². The summed E-state index contributed by atoms with van der Waals surface area (Å²) in [5.74, 6) is -0.690. The first kappa shape index (κ1) is 10.9. The van der Waals surface area contributed by atoms with Crippen molar-refractivity contribution in [3.8, 4) is 0 Å². The fraction of sp³-hybridized carbons (Fsp3) is 0.125. The predicted octanol–water partition coefficient (Wildman–Crippen LogP) is 2.36. The smallest absolute Gasteiger partial charge is 0.301 e. The molecule has 1 rings (SSSR count). The zero-order chi connectivity index (χ0) is 9.40. The average Bonchev–Trinajstić information content (AvgIpc) is 2.07. The molecule has 0 amide bonds. The maximum Gasteiger partial charge on any atom is 0.339 e. The van der Waals surface area contributed by atoms with Crippen LogP contribution in [0.5, 0.6) is 0 Å². The van der Waals surface area contributed by atoms with E-state index in [1.54, 1.807) is 0 Å². The summed E-state index contributed by atoms with van der Waals surface area (Å²) in [4.78, 5) is 12.5. The first-order valence-corrected chi connectivity index (χ1v) is 3.57. The van der Waals surface area contributed by atoms with Crippen LogP contribution in [0.15, 0.2) is 30.3 Å². The van der Waals surface area contributed by atoms with Gasteiger partial charge >= 0.3 is 5.97 Å². The topological polar surface area (TPSA) is 46.5 Å². The Bertz CT molecular complexity index is 223. The molecule has 0 aliphatic rings. The number of carbonyl (C=O) groups is 1. The van der Waals surface area contributed by atoms with Crippen molar-refractivity contribution in [2.24, 2.45) is 0 Å². The van der Waals surface area contributed by atoms with E-state index in [9.17, 15) is 4.79 Å². The normalized spacial score (nSPS) is 7.92. The van der Waals surface area contributed by atoms with Gasteiger partial charge in [-0.3, -0.25) is 0 Å². The summed E-state index contributed by atoms with van der Waals surface area (Å²) in [7, 11) is 0. The summed E-state index contributed by atoms with van der Waals surface area (Å²) >= 11 is 5.54. The van der Waals surface area contributed by atoms with Crippen molar-refractivity contribution in [2.75, 3.05) is 0 Å². The van der Waals surface area contributed by atoms with E-state index < -0.39 is 5.97 Å². The van der Waals surface area contributed by atoms with Gasteiger partial charge in [-0.2, -0.15) is 5.26 Å². The Hall–Kier alpha value is -1.06. The van der Waals surface area contributed by atoms with E-state index in [2.05, 4.69) is 4.89 Å². The molecular weight excluding hydrogens is 180 g/mol. The molecule has 0 aromatic heterocycles. The van der Waals surface area contributed by atoms with Crippen molar-refractivity contribution in [1.29, 1.82) is 0 Å².